The third-order valence-electron chi connectivity index (χ3n) is 4.32. The lowest BCUT2D eigenvalue weighted by Gasteiger charge is -2.11. The standard InChI is InChI=1S/C22H17Cl2N3O/c1-27(2)18-8-4-14(5-9-18)22-26-20-12-17(7-10-21(20)28-22)25-13-15-3-6-16(23)11-19(15)24/h3-13H,1-2H3. The van der Waals surface area contributed by atoms with Gasteiger partial charge in [0.2, 0.25) is 5.89 Å². The van der Waals surface area contributed by atoms with Gasteiger partial charge in [-0.3, -0.25) is 4.99 Å². The number of fused-ring (bicyclic) bond motifs is 1. The molecule has 140 valence electrons. The highest BCUT2D eigenvalue weighted by Gasteiger charge is 2.09. The number of oxazole rings is 1. The molecule has 0 spiro atoms. The summed E-state index contributed by atoms with van der Waals surface area (Å²) in [6.07, 6.45) is 1.71. The monoisotopic (exact) mass is 409 g/mol. The van der Waals surface area contributed by atoms with Crippen LogP contribution < -0.4 is 4.90 Å². The second-order valence-electron chi connectivity index (χ2n) is 6.54. The van der Waals surface area contributed by atoms with Gasteiger partial charge in [-0.1, -0.05) is 29.3 Å². The molecule has 0 aliphatic rings. The minimum absolute atomic E-state index is 0.558. The molecule has 0 saturated heterocycles. The molecule has 0 atom stereocenters. The van der Waals surface area contributed by atoms with E-state index in [1.807, 2.05) is 67.5 Å². The summed E-state index contributed by atoms with van der Waals surface area (Å²) in [4.78, 5) is 11.1. The minimum atomic E-state index is 0.558. The van der Waals surface area contributed by atoms with E-state index >= 15 is 0 Å². The third kappa shape index (κ3) is 3.88. The smallest absolute Gasteiger partial charge is 0.227 e. The van der Waals surface area contributed by atoms with Crippen molar-refractivity contribution in [3.05, 3.63) is 76.3 Å². The van der Waals surface area contributed by atoms with Crippen molar-refractivity contribution in [3.63, 3.8) is 0 Å². The third-order valence-corrected chi connectivity index (χ3v) is 4.88. The number of nitrogens with zero attached hydrogens (tertiary/aromatic N) is 3. The zero-order chi connectivity index (χ0) is 19.7. The van der Waals surface area contributed by atoms with E-state index in [2.05, 4.69) is 9.98 Å². The molecule has 0 aliphatic heterocycles. The van der Waals surface area contributed by atoms with Crippen molar-refractivity contribution in [2.75, 3.05) is 19.0 Å². The van der Waals surface area contributed by atoms with Gasteiger partial charge in [0.15, 0.2) is 5.58 Å². The normalized spacial score (nSPS) is 11.4. The fourth-order valence-electron chi connectivity index (χ4n) is 2.77. The van der Waals surface area contributed by atoms with Gasteiger partial charge in [-0.15, -0.1) is 0 Å². The Labute approximate surface area is 173 Å². The first-order valence-electron chi connectivity index (χ1n) is 8.67. The van der Waals surface area contributed by atoms with Crippen LogP contribution in [0.5, 0.6) is 0 Å². The molecule has 1 aromatic heterocycles. The Kier molecular flexibility index (Phi) is 5.07. The first kappa shape index (κ1) is 18.5. The molecular weight excluding hydrogens is 393 g/mol. The molecule has 6 heteroatoms. The van der Waals surface area contributed by atoms with Crippen LogP contribution in [0.2, 0.25) is 10.0 Å². The Morgan fingerprint density at radius 1 is 0.964 bits per heavy atom. The molecular formula is C22H17Cl2N3O. The fraction of sp³-hybridized carbons (Fsp3) is 0.0909. The zero-order valence-corrected chi connectivity index (χ0v) is 16.9. The zero-order valence-electron chi connectivity index (χ0n) is 15.4. The maximum atomic E-state index is 6.19. The van der Waals surface area contributed by atoms with Gasteiger partial charge in [0.05, 0.1) is 10.7 Å². The van der Waals surface area contributed by atoms with Crippen LogP contribution >= 0.6 is 23.2 Å². The molecule has 0 radical (unpaired) electrons. The molecule has 0 unspecified atom stereocenters. The van der Waals surface area contributed by atoms with Gasteiger partial charge in [-0.25, -0.2) is 4.98 Å². The number of hydrogen-bond donors (Lipinski definition) is 0. The highest BCUT2D eigenvalue weighted by molar-refractivity contribution is 6.36. The summed E-state index contributed by atoms with van der Waals surface area (Å²) < 4.78 is 5.89. The molecule has 0 fully saturated rings. The summed E-state index contributed by atoms with van der Waals surface area (Å²) in [5.74, 6) is 0.585. The maximum Gasteiger partial charge on any atom is 0.227 e. The first-order chi connectivity index (χ1) is 13.5. The van der Waals surface area contributed by atoms with Crippen LogP contribution in [0.15, 0.2) is 70.1 Å². The van der Waals surface area contributed by atoms with Gasteiger partial charge in [0, 0.05) is 42.1 Å². The maximum absolute atomic E-state index is 6.19. The Bertz CT molecular complexity index is 1160. The lowest BCUT2D eigenvalue weighted by atomic mass is 10.2. The highest BCUT2D eigenvalue weighted by Crippen LogP contribution is 2.28. The van der Waals surface area contributed by atoms with Crippen LogP contribution in [0.1, 0.15) is 5.56 Å². The predicted octanol–water partition coefficient (Wildman–Crippen LogP) is 6.62. The lowest BCUT2D eigenvalue weighted by molar-refractivity contribution is 0.620. The van der Waals surface area contributed by atoms with Crippen LogP contribution in [0.25, 0.3) is 22.6 Å². The molecule has 4 nitrogen and oxygen atoms in total. The SMILES string of the molecule is CN(C)c1ccc(-c2nc3cc(N=Cc4ccc(Cl)cc4Cl)ccc3o2)cc1. The van der Waals surface area contributed by atoms with E-state index in [4.69, 9.17) is 27.6 Å². The molecule has 1 heterocycles. The molecule has 4 aromatic rings. The van der Waals surface area contributed by atoms with E-state index in [0.29, 0.717) is 15.9 Å². The number of aliphatic imine (C=N–C) groups is 1. The number of halogens is 2. The molecule has 0 N–H and O–H groups in total. The molecule has 28 heavy (non-hydrogen) atoms. The number of aromatic nitrogens is 1. The Balaban J connectivity index is 1.62. The van der Waals surface area contributed by atoms with E-state index in [9.17, 15) is 0 Å². The van der Waals surface area contributed by atoms with Gasteiger partial charge < -0.3 is 9.32 Å². The average molecular weight is 410 g/mol. The number of benzene rings is 3. The molecule has 0 amide bonds. The molecule has 0 aliphatic carbocycles. The number of rotatable bonds is 4. The van der Waals surface area contributed by atoms with Gasteiger partial charge in [0.25, 0.3) is 0 Å². The van der Waals surface area contributed by atoms with Crippen molar-refractivity contribution in [1.82, 2.24) is 4.98 Å². The molecule has 4 rings (SSSR count). The van der Waals surface area contributed by atoms with E-state index in [1.54, 1.807) is 18.3 Å². The van der Waals surface area contributed by atoms with Crippen molar-refractivity contribution in [2.24, 2.45) is 4.99 Å². The summed E-state index contributed by atoms with van der Waals surface area (Å²) in [7, 11) is 4.02. The summed E-state index contributed by atoms with van der Waals surface area (Å²) in [6.45, 7) is 0. The quantitative estimate of drug-likeness (QED) is 0.355. The predicted molar refractivity (Wildman–Crippen MR) is 117 cm³/mol. The summed E-state index contributed by atoms with van der Waals surface area (Å²) in [5.41, 5.74) is 5.09. The lowest BCUT2D eigenvalue weighted by Crippen LogP contribution is -2.07. The largest absolute Gasteiger partial charge is 0.436 e. The van der Waals surface area contributed by atoms with Gasteiger partial charge >= 0.3 is 0 Å². The van der Waals surface area contributed by atoms with Crippen LogP contribution in [-0.4, -0.2) is 25.3 Å². The number of anilines is 1. The van der Waals surface area contributed by atoms with Gasteiger partial charge in [-0.05, 0) is 54.6 Å². The Morgan fingerprint density at radius 2 is 1.75 bits per heavy atom. The van der Waals surface area contributed by atoms with Crippen LogP contribution in [-0.2, 0) is 0 Å². The summed E-state index contributed by atoms with van der Waals surface area (Å²) >= 11 is 12.1. The van der Waals surface area contributed by atoms with Gasteiger partial charge in [0.1, 0.15) is 5.52 Å². The summed E-state index contributed by atoms with van der Waals surface area (Å²) in [6, 6.07) is 19.0. The van der Waals surface area contributed by atoms with Crippen molar-refractivity contribution in [3.8, 4) is 11.5 Å². The van der Waals surface area contributed by atoms with Crippen LogP contribution in [0, 0.1) is 0 Å². The van der Waals surface area contributed by atoms with E-state index in [-0.39, 0.29) is 0 Å². The van der Waals surface area contributed by atoms with E-state index in [0.717, 1.165) is 33.6 Å². The Morgan fingerprint density at radius 3 is 2.46 bits per heavy atom. The Hall–Kier alpha value is -2.82. The van der Waals surface area contributed by atoms with Crippen LogP contribution in [0.3, 0.4) is 0 Å². The second-order valence-corrected chi connectivity index (χ2v) is 7.38. The van der Waals surface area contributed by atoms with Crippen molar-refractivity contribution in [1.29, 1.82) is 0 Å². The topological polar surface area (TPSA) is 41.6 Å². The van der Waals surface area contributed by atoms with E-state index in [1.165, 1.54) is 0 Å². The van der Waals surface area contributed by atoms with Crippen LogP contribution in [0.4, 0.5) is 11.4 Å². The van der Waals surface area contributed by atoms with E-state index < -0.39 is 0 Å². The average Bonchev–Trinajstić information content (AvgIpc) is 3.11. The minimum Gasteiger partial charge on any atom is -0.436 e. The second kappa shape index (κ2) is 7.66. The number of hydrogen-bond acceptors (Lipinski definition) is 4. The van der Waals surface area contributed by atoms with Crippen molar-refractivity contribution in [2.45, 2.75) is 0 Å². The fourth-order valence-corrected chi connectivity index (χ4v) is 3.23. The van der Waals surface area contributed by atoms with Gasteiger partial charge in [-0.2, -0.15) is 0 Å². The molecule has 3 aromatic carbocycles. The first-order valence-corrected chi connectivity index (χ1v) is 9.43. The summed E-state index contributed by atoms with van der Waals surface area (Å²) in [5, 5.41) is 1.15. The highest BCUT2D eigenvalue weighted by atomic mass is 35.5. The van der Waals surface area contributed by atoms with Crippen molar-refractivity contribution >= 4 is 51.9 Å². The molecule has 0 saturated carbocycles. The molecule has 0 bridgehead atoms. The van der Waals surface area contributed by atoms with Crippen molar-refractivity contribution < 1.29 is 4.42 Å².